The molecule has 0 atom stereocenters. The lowest BCUT2D eigenvalue weighted by Crippen LogP contribution is -2.12. The molecule has 1 rings (SSSR count). The molecule has 3 heteroatoms. The van der Waals surface area contributed by atoms with Gasteiger partial charge >= 0.3 is 0 Å². The first-order valence-electron chi connectivity index (χ1n) is 4.20. The van der Waals surface area contributed by atoms with Crippen LogP contribution in [0.5, 0.6) is 0 Å². The van der Waals surface area contributed by atoms with E-state index in [1.165, 1.54) is 12.8 Å². The molecule has 0 bridgehead atoms. The molecule has 0 amide bonds. The maximum atomic E-state index is 6.09. The van der Waals surface area contributed by atoms with Gasteiger partial charge in [0, 0.05) is 5.03 Å². The van der Waals surface area contributed by atoms with Crippen LogP contribution in [0.3, 0.4) is 0 Å². The lowest BCUT2D eigenvalue weighted by molar-refractivity contribution is -0.461. The topological polar surface area (TPSA) is 3.01 Å². The zero-order valence-electron chi connectivity index (χ0n) is 7.53. The zero-order valence-corrected chi connectivity index (χ0v) is 9.04. The summed E-state index contributed by atoms with van der Waals surface area (Å²) in [7, 11) is 3.88. The number of hydrogen-bond donors (Lipinski definition) is 0. The van der Waals surface area contributed by atoms with E-state index in [-0.39, 0.29) is 0 Å². The minimum atomic E-state index is 0.791. The van der Waals surface area contributed by atoms with E-state index >= 15 is 0 Å². The van der Waals surface area contributed by atoms with Crippen molar-refractivity contribution in [3.8, 4) is 0 Å². The summed E-state index contributed by atoms with van der Waals surface area (Å²) in [6, 6.07) is 0. The fourth-order valence-electron chi connectivity index (χ4n) is 1.35. The van der Waals surface area contributed by atoms with Gasteiger partial charge in [-0.05, 0) is 37.3 Å². The largest absolute Gasteiger partial charge is 0.273 e. The van der Waals surface area contributed by atoms with Crippen LogP contribution in [-0.4, -0.2) is 23.8 Å². The van der Waals surface area contributed by atoms with Crippen LogP contribution in [0.15, 0.2) is 10.6 Å². The van der Waals surface area contributed by atoms with E-state index in [4.69, 9.17) is 23.2 Å². The van der Waals surface area contributed by atoms with Crippen LogP contribution in [0.25, 0.3) is 0 Å². The minimum Gasteiger partial charge on any atom is -0.225 e. The van der Waals surface area contributed by atoms with Crippen molar-refractivity contribution in [2.24, 2.45) is 0 Å². The predicted molar refractivity (Wildman–Crippen MR) is 54.3 cm³/mol. The van der Waals surface area contributed by atoms with Gasteiger partial charge in [0.05, 0.1) is 5.57 Å². The number of nitrogens with zero attached hydrogens (tertiary/aromatic N) is 1. The molecular weight excluding hydrogens is 193 g/mol. The summed E-state index contributed by atoms with van der Waals surface area (Å²) >= 11 is 12.2. The number of rotatable bonds is 1. The highest BCUT2D eigenvalue weighted by atomic mass is 35.5. The van der Waals surface area contributed by atoms with Gasteiger partial charge < -0.3 is 0 Å². The molecule has 1 aliphatic carbocycles. The number of hydrogen-bond acceptors (Lipinski definition) is 0. The van der Waals surface area contributed by atoms with Gasteiger partial charge in [0.25, 0.3) is 5.17 Å². The Morgan fingerprint density at radius 1 is 1.25 bits per heavy atom. The predicted octanol–water partition coefficient (Wildman–Crippen LogP) is 2.96. The molecule has 0 fully saturated rings. The third-order valence-electron chi connectivity index (χ3n) is 2.04. The molecule has 0 unspecified atom stereocenters. The Hall–Kier alpha value is -0.0100. The van der Waals surface area contributed by atoms with Crippen molar-refractivity contribution in [2.45, 2.75) is 25.7 Å². The van der Waals surface area contributed by atoms with Gasteiger partial charge in [-0.15, -0.1) is 0 Å². The third-order valence-corrected chi connectivity index (χ3v) is 3.03. The second-order valence-electron chi connectivity index (χ2n) is 3.28. The van der Waals surface area contributed by atoms with Crippen LogP contribution in [0.4, 0.5) is 0 Å². The SMILES string of the molecule is C[N+](C)=C(Cl)C1=C(Cl)CCCC1. The first-order chi connectivity index (χ1) is 5.63. The molecule has 0 radical (unpaired) electrons. The lowest BCUT2D eigenvalue weighted by atomic mass is 10.00. The van der Waals surface area contributed by atoms with E-state index in [1.54, 1.807) is 0 Å². The molecule has 0 spiro atoms. The van der Waals surface area contributed by atoms with Crippen LogP contribution < -0.4 is 0 Å². The standard InChI is InChI=1S/C9H14Cl2N/c1-12(2)9(11)7-5-3-4-6-8(7)10/h3-6H2,1-2H3/q+1. The quantitative estimate of drug-likeness (QED) is 0.459. The number of halogens is 2. The van der Waals surface area contributed by atoms with Crippen LogP contribution in [0.2, 0.25) is 0 Å². The molecular formula is C9H14Cl2N+. The summed E-state index contributed by atoms with van der Waals surface area (Å²) in [5.41, 5.74) is 1.13. The van der Waals surface area contributed by atoms with Gasteiger partial charge in [-0.25, -0.2) is 4.58 Å². The van der Waals surface area contributed by atoms with E-state index in [2.05, 4.69) is 0 Å². The monoisotopic (exact) mass is 206 g/mol. The molecule has 0 aromatic rings. The summed E-state index contributed by atoms with van der Waals surface area (Å²) < 4.78 is 1.91. The summed E-state index contributed by atoms with van der Waals surface area (Å²) in [6.07, 6.45) is 4.41. The van der Waals surface area contributed by atoms with Gasteiger partial charge in [-0.2, -0.15) is 0 Å². The Bertz CT molecular complexity index is 237. The van der Waals surface area contributed by atoms with E-state index in [1.807, 2.05) is 18.7 Å². The smallest absolute Gasteiger partial charge is 0.225 e. The van der Waals surface area contributed by atoms with Crippen molar-refractivity contribution in [3.63, 3.8) is 0 Å². The summed E-state index contributed by atoms with van der Waals surface area (Å²) in [5.74, 6) is 0. The van der Waals surface area contributed by atoms with Crippen molar-refractivity contribution in [3.05, 3.63) is 10.6 Å². The molecule has 0 aliphatic heterocycles. The van der Waals surface area contributed by atoms with Crippen molar-refractivity contribution in [1.29, 1.82) is 0 Å². The van der Waals surface area contributed by atoms with Gasteiger partial charge in [0.1, 0.15) is 14.1 Å². The molecule has 0 N–H and O–H groups in total. The Morgan fingerprint density at radius 2 is 1.83 bits per heavy atom. The average molecular weight is 207 g/mol. The van der Waals surface area contributed by atoms with Crippen molar-refractivity contribution >= 4 is 28.4 Å². The second-order valence-corrected chi connectivity index (χ2v) is 4.09. The molecule has 0 aromatic carbocycles. The number of allylic oxidation sites excluding steroid dienone is 2. The van der Waals surface area contributed by atoms with Crippen LogP contribution in [0.1, 0.15) is 25.7 Å². The van der Waals surface area contributed by atoms with Gasteiger partial charge in [-0.3, -0.25) is 0 Å². The van der Waals surface area contributed by atoms with Crippen LogP contribution >= 0.6 is 23.2 Å². The molecule has 1 nitrogen and oxygen atoms in total. The van der Waals surface area contributed by atoms with Crippen LogP contribution in [-0.2, 0) is 0 Å². The first kappa shape index (κ1) is 10.1. The van der Waals surface area contributed by atoms with E-state index in [0.29, 0.717) is 0 Å². The maximum absolute atomic E-state index is 6.09. The first-order valence-corrected chi connectivity index (χ1v) is 4.96. The summed E-state index contributed by atoms with van der Waals surface area (Å²) in [6.45, 7) is 0. The lowest BCUT2D eigenvalue weighted by Gasteiger charge is -2.12. The highest BCUT2D eigenvalue weighted by Crippen LogP contribution is 2.28. The highest BCUT2D eigenvalue weighted by Gasteiger charge is 2.19. The Labute approximate surface area is 83.7 Å². The normalized spacial score (nSPS) is 18.0. The van der Waals surface area contributed by atoms with Crippen molar-refractivity contribution in [2.75, 3.05) is 14.1 Å². The molecule has 0 aromatic heterocycles. The fourth-order valence-corrected chi connectivity index (χ4v) is 1.93. The van der Waals surface area contributed by atoms with Gasteiger partial charge in [0.2, 0.25) is 0 Å². The zero-order chi connectivity index (χ0) is 9.14. The van der Waals surface area contributed by atoms with E-state index < -0.39 is 0 Å². The Morgan fingerprint density at radius 3 is 2.33 bits per heavy atom. The molecule has 1 aliphatic rings. The molecule has 12 heavy (non-hydrogen) atoms. The van der Waals surface area contributed by atoms with E-state index in [9.17, 15) is 0 Å². The molecule has 0 saturated carbocycles. The highest BCUT2D eigenvalue weighted by molar-refractivity contribution is 6.68. The van der Waals surface area contributed by atoms with Crippen LogP contribution in [0, 0.1) is 0 Å². The molecule has 0 saturated heterocycles. The maximum Gasteiger partial charge on any atom is 0.273 e. The van der Waals surface area contributed by atoms with Crippen molar-refractivity contribution in [1.82, 2.24) is 0 Å². The average Bonchev–Trinajstić information content (AvgIpc) is 2.04. The minimum absolute atomic E-state index is 0.791. The van der Waals surface area contributed by atoms with Gasteiger partial charge in [-0.1, -0.05) is 11.6 Å². The van der Waals surface area contributed by atoms with E-state index in [0.717, 1.165) is 28.6 Å². The molecule has 68 valence electrons. The second kappa shape index (κ2) is 4.29. The summed E-state index contributed by atoms with van der Waals surface area (Å²) in [5, 5.41) is 1.74. The fraction of sp³-hybridized carbons (Fsp3) is 0.667. The molecule has 0 heterocycles. The summed E-state index contributed by atoms with van der Waals surface area (Å²) in [4.78, 5) is 0. The van der Waals surface area contributed by atoms with Gasteiger partial charge in [0.15, 0.2) is 0 Å². The van der Waals surface area contributed by atoms with Crippen molar-refractivity contribution < 1.29 is 4.58 Å². The third kappa shape index (κ3) is 2.24. The Kier molecular flexibility index (Phi) is 3.60. The Balaban J connectivity index is 2.93.